The average molecular weight is 497 g/mol. The van der Waals surface area contributed by atoms with Crippen LogP contribution in [0.15, 0.2) is 41.3 Å². The molecule has 1 N–H and O–H groups in total. The van der Waals surface area contributed by atoms with Crippen molar-refractivity contribution in [1.29, 1.82) is 0 Å². The molecule has 140 valence electrons. The first-order valence-corrected chi connectivity index (χ1v) is 9.77. The largest absolute Gasteiger partial charge is 0.502 e. The van der Waals surface area contributed by atoms with Crippen molar-refractivity contribution in [1.82, 2.24) is 4.90 Å². The van der Waals surface area contributed by atoms with Gasteiger partial charge in [0.15, 0.2) is 11.5 Å². The quantitative estimate of drug-likeness (QED) is 0.492. The molecule has 1 aliphatic heterocycles. The lowest BCUT2D eigenvalue weighted by Crippen LogP contribution is -2.27. The summed E-state index contributed by atoms with van der Waals surface area (Å²) in [6.07, 6.45) is 1.59. The van der Waals surface area contributed by atoms with Gasteiger partial charge in [0.25, 0.3) is 11.1 Å². The highest BCUT2D eigenvalue weighted by Crippen LogP contribution is 2.39. The molecule has 0 aromatic heterocycles. The van der Waals surface area contributed by atoms with E-state index in [0.717, 1.165) is 20.9 Å². The van der Waals surface area contributed by atoms with Crippen molar-refractivity contribution in [3.05, 3.63) is 56.0 Å². The lowest BCUT2D eigenvalue weighted by atomic mass is 10.1. The van der Waals surface area contributed by atoms with E-state index in [4.69, 9.17) is 9.47 Å². The molecule has 0 bridgehead atoms. The first-order chi connectivity index (χ1) is 12.9. The maximum Gasteiger partial charge on any atom is 0.293 e. The summed E-state index contributed by atoms with van der Waals surface area (Å²) < 4.78 is 11.3. The highest BCUT2D eigenvalue weighted by molar-refractivity contribution is 14.1. The Bertz CT molecular complexity index is 901. The van der Waals surface area contributed by atoms with E-state index in [2.05, 4.69) is 22.6 Å². The molecule has 0 spiro atoms. The van der Waals surface area contributed by atoms with Crippen LogP contribution in [0.2, 0.25) is 0 Å². The summed E-state index contributed by atoms with van der Waals surface area (Å²) in [6.45, 7) is 0.223. The minimum absolute atomic E-state index is 0.121. The van der Waals surface area contributed by atoms with Crippen LogP contribution in [0.4, 0.5) is 4.79 Å². The van der Waals surface area contributed by atoms with E-state index in [9.17, 15) is 14.7 Å². The maximum absolute atomic E-state index is 12.7. The minimum Gasteiger partial charge on any atom is -0.502 e. The zero-order valence-electron chi connectivity index (χ0n) is 14.6. The third kappa shape index (κ3) is 4.22. The van der Waals surface area contributed by atoms with E-state index >= 15 is 0 Å². The molecule has 0 atom stereocenters. The number of amides is 2. The van der Waals surface area contributed by atoms with Crippen LogP contribution in [-0.2, 0) is 11.3 Å². The predicted molar refractivity (Wildman–Crippen MR) is 112 cm³/mol. The van der Waals surface area contributed by atoms with Crippen molar-refractivity contribution in [2.75, 3.05) is 14.2 Å². The van der Waals surface area contributed by atoms with Crippen LogP contribution >= 0.6 is 34.4 Å². The number of phenols is 1. The fraction of sp³-hybridized carbons (Fsp3) is 0.158. The van der Waals surface area contributed by atoms with Gasteiger partial charge in [-0.05, 0) is 75.8 Å². The molecule has 27 heavy (non-hydrogen) atoms. The van der Waals surface area contributed by atoms with Crippen LogP contribution in [0.5, 0.6) is 17.2 Å². The molecule has 0 unspecified atom stereocenters. The van der Waals surface area contributed by atoms with Gasteiger partial charge >= 0.3 is 0 Å². The van der Waals surface area contributed by atoms with Gasteiger partial charge in [-0.2, -0.15) is 0 Å². The molecule has 2 aromatic carbocycles. The zero-order chi connectivity index (χ0) is 19.6. The molecular weight excluding hydrogens is 481 g/mol. The van der Waals surface area contributed by atoms with Crippen LogP contribution in [0.3, 0.4) is 0 Å². The highest BCUT2D eigenvalue weighted by Gasteiger charge is 2.35. The number of carbonyl (C=O) groups excluding carboxylic acids is 2. The van der Waals surface area contributed by atoms with Crippen molar-refractivity contribution in [3.8, 4) is 17.2 Å². The van der Waals surface area contributed by atoms with Crippen LogP contribution in [0.1, 0.15) is 11.1 Å². The summed E-state index contributed by atoms with van der Waals surface area (Å²) in [5, 5.41) is 9.67. The van der Waals surface area contributed by atoms with Gasteiger partial charge in [0.05, 0.1) is 25.7 Å². The van der Waals surface area contributed by atoms with E-state index in [1.807, 2.05) is 24.3 Å². The third-order valence-electron chi connectivity index (χ3n) is 3.93. The molecule has 1 fully saturated rings. The Morgan fingerprint density at radius 1 is 1.11 bits per heavy atom. The summed E-state index contributed by atoms with van der Waals surface area (Å²) in [5.74, 6) is -0.0315. The maximum atomic E-state index is 12.7. The Morgan fingerprint density at radius 3 is 2.26 bits per heavy atom. The summed E-state index contributed by atoms with van der Waals surface area (Å²) >= 11 is 3.08. The van der Waals surface area contributed by atoms with Gasteiger partial charge in [0.2, 0.25) is 5.75 Å². The Morgan fingerprint density at radius 2 is 1.70 bits per heavy atom. The molecule has 0 radical (unpaired) electrons. The van der Waals surface area contributed by atoms with Crippen LogP contribution in [0.25, 0.3) is 6.08 Å². The molecule has 1 heterocycles. The Labute approximate surface area is 174 Å². The summed E-state index contributed by atoms with van der Waals surface area (Å²) in [7, 11) is 2.85. The molecule has 2 aromatic rings. The smallest absolute Gasteiger partial charge is 0.293 e. The van der Waals surface area contributed by atoms with Gasteiger partial charge in [-0.25, -0.2) is 0 Å². The molecule has 2 amide bonds. The number of ether oxygens (including phenoxy) is 2. The van der Waals surface area contributed by atoms with E-state index in [1.54, 1.807) is 18.2 Å². The van der Waals surface area contributed by atoms with Crippen LogP contribution in [-0.4, -0.2) is 35.4 Å². The summed E-state index contributed by atoms with van der Waals surface area (Å²) in [6, 6.07) is 10.8. The van der Waals surface area contributed by atoms with Gasteiger partial charge in [-0.3, -0.25) is 14.5 Å². The minimum atomic E-state index is -0.352. The monoisotopic (exact) mass is 497 g/mol. The second kappa shape index (κ2) is 8.22. The van der Waals surface area contributed by atoms with Gasteiger partial charge < -0.3 is 14.6 Å². The number of aromatic hydroxyl groups is 1. The zero-order valence-corrected chi connectivity index (χ0v) is 17.5. The van der Waals surface area contributed by atoms with E-state index in [1.165, 1.54) is 19.1 Å². The third-order valence-corrected chi connectivity index (χ3v) is 5.55. The normalized spacial score (nSPS) is 15.5. The summed E-state index contributed by atoms with van der Waals surface area (Å²) in [4.78, 5) is 26.5. The number of benzene rings is 2. The first kappa shape index (κ1) is 19.6. The number of nitrogens with zero attached hydrogens (tertiary/aromatic N) is 1. The number of methoxy groups -OCH3 is 2. The number of hydrogen-bond donors (Lipinski definition) is 1. The molecule has 3 rings (SSSR count). The Kier molecular flexibility index (Phi) is 5.95. The van der Waals surface area contributed by atoms with Crippen LogP contribution < -0.4 is 9.47 Å². The molecule has 8 heteroatoms. The van der Waals surface area contributed by atoms with Crippen molar-refractivity contribution in [2.45, 2.75) is 6.54 Å². The van der Waals surface area contributed by atoms with Gasteiger partial charge in [0.1, 0.15) is 0 Å². The molecule has 0 aliphatic carbocycles. The number of imide groups is 1. The number of thioether (sulfide) groups is 1. The SMILES string of the molecule is COc1cc(/C=C2\SC(=O)N(Cc3ccc(I)cc3)C2=O)cc(OC)c1O. The fourth-order valence-corrected chi connectivity index (χ4v) is 3.76. The van der Waals surface area contributed by atoms with E-state index in [-0.39, 0.29) is 34.9 Å². The number of hydrogen-bond acceptors (Lipinski definition) is 6. The lowest BCUT2D eigenvalue weighted by molar-refractivity contribution is -0.123. The Hall–Kier alpha value is -2.20. The molecule has 1 aliphatic rings. The van der Waals surface area contributed by atoms with Crippen molar-refractivity contribution < 1.29 is 24.2 Å². The Balaban J connectivity index is 1.87. The van der Waals surface area contributed by atoms with Gasteiger partial charge in [-0.1, -0.05) is 12.1 Å². The fourth-order valence-electron chi connectivity index (χ4n) is 2.56. The molecule has 1 saturated heterocycles. The average Bonchev–Trinajstić information content (AvgIpc) is 2.92. The standard InChI is InChI=1S/C19H16INO5S/c1-25-14-7-12(8-15(26-2)17(14)22)9-16-18(23)21(19(24)27-16)10-11-3-5-13(20)6-4-11/h3-9,22H,10H2,1-2H3/b16-9-. The van der Waals surface area contributed by atoms with Crippen molar-refractivity contribution in [2.24, 2.45) is 0 Å². The number of rotatable bonds is 5. The van der Waals surface area contributed by atoms with Crippen LogP contribution in [0, 0.1) is 3.57 Å². The summed E-state index contributed by atoms with van der Waals surface area (Å²) in [5.41, 5.74) is 1.47. The van der Waals surface area contributed by atoms with E-state index in [0.29, 0.717) is 10.5 Å². The molecular formula is C19H16INO5S. The first-order valence-electron chi connectivity index (χ1n) is 7.87. The number of carbonyl (C=O) groups is 2. The van der Waals surface area contributed by atoms with Crippen molar-refractivity contribution >= 4 is 51.6 Å². The molecule has 0 saturated carbocycles. The lowest BCUT2D eigenvalue weighted by Gasteiger charge is -2.12. The number of halogens is 1. The second-order valence-corrected chi connectivity index (χ2v) is 7.91. The van der Waals surface area contributed by atoms with Crippen molar-refractivity contribution in [3.63, 3.8) is 0 Å². The molecule has 6 nitrogen and oxygen atoms in total. The van der Waals surface area contributed by atoms with E-state index < -0.39 is 0 Å². The highest BCUT2D eigenvalue weighted by atomic mass is 127. The van der Waals surface area contributed by atoms with Gasteiger partial charge in [-0.15, -0.1) is 0 Å². The predicted octanol–water partition coefficient (Wildman–Crippen LogP) is 4.25. The topological polar surface area (TPSA) is 76.1 Å². The van der Waals surface area contributed by atoms with Gasteiger partial charge in [0, 0.05) is 3.57 Å². The second-order valence-electron chi connectivity index (χ2n) is 5.67. The number of phenolic OH excluding ortho intramolecular Hbond substituents is 1.